The summed E-state index contributed by atoms with van der Waals surface area (Å²) in [6.45, 7) is 6.29. The summed E-state index contributed by atoms with van der Waals surface area (Å²) in [6, 6.07) is 4.06. The van der Waals surface area contributed by atoms with Crippen molar-refractivity contribution in [3.05, 3.63) is 35.9 Å². The SMILES string of the molecule is C=C(C)C(=O)Oc1ccc(C(C)=O)c(O)c1. The first-order chi connectivity index (χ1) is 7.41. The molecule has 4 heteroatoms. The van der Waals surface area contributed by atoms with Gasteiger partial charge in [-0.05, 0) is 26.0 Å². The zero-order chi connectivity index (χ0) is 12.3. The first kappa shape index (κ1) is 12.0. The van der Waals surface area contributed by atoms with Crippen LogP contribution in [0.4, 0.5) is 0 Å². The van der Waals surface area contributed by atoms with Crippen molar-refractivity contribution in [3.63, 3.8) is 0 Å². The number of phenols is 1. The number of benzene rings is 1. The topological polar surface area (TPSA) is 63.6 Å². The number of rotatable bonds is 3. The zero-order valence-corrected chi connectivity index (χ0v) is 9.11. The second-order valence-corrected chi connectivity index (χ2v) is 3.40. The van der Waals surface area contributed by atoms with Gasteiger partial charge in [0.05, 0.1) is 5.56 Å². The second kappa shape index (κ2) is 4.61. The van der Waals surface area contributed by atoms with Gasteiger partial charge in [-0.15, -0.1) is 0 Å². The van der Waals surface area contributed by atoms with Crippen molar-refractivity contribution in [2.24, 2.45) is 0 Å². The predicted molar refractivity (Wildman–Crippen MR) is 58.6 cm³/mol. The number of Topliss-reactive ketones (excluding diaryl/α,β-unsaturated/α-hetero) is 1. The van der Waals surface area contributed by atoms with Gasteiger partial charge >= 0.3 is 5.97 Å². The minimum Gasteiger partial charge on any atom is -0.507 e. The minimum absolute atomic E-state index is 0.176. The normalized spacial score (nSPS) is 9.62. The van der Waals surface area contributed by atoms with E-state index in [1.807, 2.05) is 0 Å². The summed E-state index contributed by atoms with van der Waals surface area (Å²) in [5.41, 5.74) is 0.449. The van der Waals surface area contributed by atoms with E-state index in [0.29, 0.717) is 0 Å². The summed E-state index contributed by atoms with van der Waals surface area (Å²) in [5.74, 6) is -0.861. The van der Waals surface area contributed by atoms with Crippen LogP contribution >= 0.6 is 0 Å². The monoisotopic (exact) mass is 220 g/mol. The van der Waals surface area contributed by atoms with E-state index in [9.17, 15) is 14.7 Å². The minimum atomic E-state index is -0.574. The predicted octanol–water partition coefficient (Wildman–Crippen LogP) is 2.08. The number of phenolic OH excluding ortho intramolecular Hbond substituents is 1. The Bertz CT molecular complexity index is 460. The summed E-state index contributed by atoms with van der Waals surface area (Å²) in [6.07, 6.45) is 0. The molecular formula is C12H12O4. The van der Waals surface area contributed by atoms with E-state index < -0.39 is 5.97 Å². The smallest absolute Gasteiger partial charge is 0.338 e. The van der Waals surface area contributed by atoms with Crippen molar-refractivity contribution in [2.45, 2.75) is 13.8 Å². The number of ether oxygens (including phenoxy) is 1. The highest BCUT2D eigenvalue weighted by Crippen LogP contribution is 2.24. The molecule has 0 saturated carbocycles. The fraction of sp³-hybridized carbons (Fsp3) is 0.167. The number of hydrogen-bond donors (Lipinski definition) is 1. The molecule has 0 bridgehead atoms. The lowest BCUT2D eigenvalue weighted by molar-refractivity contribution is -0.130. The molecular weight excluding hydrogens is 208 g/mol. The fourth-order valence-electron chi connectivity index (χ4n) is 1.07. The molecule has 0 saturated heterocycles. The van der Waals surface area contributed by atoms with Crippen molar-refractivity contribution in [1.82, 2.24) is 0 Å². The number of ketones is 1. The van der Waals surface area contributed by atoms with Gasteiger partial charge in [-0.3, -0.25) is 4.79 Å². The molecule has 1 aromatic rings. The van der Waals surface area contributed by atoms with Crippen LogP contribution in [0.1, 0.15) is 24.2 Å². The molecule has 0 atom stereocenters. The van der Waals surface area contributed by atoms with E-state index in [2.05, 4.69) is 6.58 Å². The molecule has 1 N–H and O–H groups in total. The van der Waals surface area contributed by atoms with Crippen molar-refractivity contribution in [3.8, 4) is 11.5 Å². The summed E-state index contributed by atoms with van der Waals surface area (Å²) >= 11 is 0. The van der Waals surface area contributed by atoms with Gasteiger partial charge in [0, 0.05) is 11.6 Å². The van der Waals surface area contributed by atoms with Gasteiger partial charge in [0.1, 0.15) is 11.5 Å². The number of carbonyl (C=O) groups excluding carboxylic acids is 2. The molecule has 0 aromatic heterocycles. The van der Waals surface area contributed by atoms with Crippen molar-refractivity contribution in [1.29, 1.82) is 0 Å². The lowest BCUT2D eigenvalue weighted by atomic mass is 10.1. The number of carbonyl (C=O) groups is 2. The van der Waals surface area contributed by atoms with E-state index in [0.717, 1.165) is 0 Å². The standard InChI is InChI=1S/C12H12O4/c1-7(2)12(15)16-9-4-5-10(8(3)13)11(14)6-9/h4-6,14H,1H2,2-3H3. The highest BCUT2D eigenvalue weighted by atomic mass is 16.5. The Hall–Kier alpha value is -2.10. The summed E-state index contributed by atoms with van der Waals surface area (Å²) in [7, 11) is 0. The van der Waals surface area contributed by atoms with Gasteiger partial charge < -0.3 is 9.84 Å². The lowest BCUT2D eigenvalue weighted by Crippen LogP contribution is -2.08. The summed E-state index contributed by atoms with van der Waals surface area (Å²) in [4.78, 5) is 22.2. The van der Waals surface area contributed by atoms with Gasteiger partial charge in [-0.1, -0.05) is 6.58 Å². The molecule has 1 rings (SSSR count). The molecule has 0 unspecified atom stereocenters. The Balaban J connectivity index is 2.94. The quantitative estimate of drug-likeness (QED) is 0.366. The van der Waals surface area contributed by atoms with Crippen LogP contribution < -0.4 is 4.74 Å². The molecule has 0 fully saturated rings. The highest BCUT2D eigenvalue weighted by molar-refractivity contribution is 5.97. The maximum absolute atomic E-state index is 11.2. The average Bonchev–Trinajstić information content (AvgIpc) is 2.16. The Morgan fingerprint density at radius 2 is 1.94 bits per heavy atom. The van der Waals surface area contributed by atoms with Crippen LogP contribution in [0.2, 0.25) is 0 Å². The second-order valence-electron chi connectivity index (χ2n) is 3.40. The van der Waals surface area contributed by atoms with Crippen LogP contribution in [0.25, 0.3) is 0 Å². The number of hydrogen-bond acceptors (Lipinski definition) is 4. The van der Waals surface area contributed by atoms with Crippen molar-refractivity contribution >= 4 is 11.8 Å². The maximum Gasteiger partial charge on any atom is 0.338 e. The van der Waals surface area contributed by atoms with Crippen LogP contribution in [-0.4, -0.2) is 16.9 Å². The van der Waals surface area contributed by atoms with E-state index in [-0.39, 0.29) is 28.4 Å². The summed E-state index contributed by atoms with van der Waals surface area (Å²) in [5, 5.41) is 9.48. The number of aromatic hydroxyl groups is 1. The summed E-state index contributed by atoms with van der Waals surface area (Å²) < 4.78 is 4.88. The van der Waals surface area contributed by atoms with Gasteiger partial charge in [0.2, 0.25) is 0 Å². The third kappa shape index (κ3) is 2.70. The van der Waals surface area contributed by atoms with E-state index in [1.165, 1.54) is 32.0 Å². The molecule has 0 spiro atoms. The van der Waals surface area contributed by atoms with Gasteiger partial charge in [0.15, 0.2) is 5.78 Å². The van der Waals surface area contributed by atoms with Crippen LogP contribution in [0.3, 0.4) is 0 Å². The third-order valence-corrected chi connectivity index (χ3v) is 1.91. The first-order valence-electron chi connectivity index (χ1n) is 4.63. The Labute approximate surface area is 93.2 Å². The Kier molecular flexibility index (Phi) is 3.45. The fourth-order valence-corrected chi connectivity index (χ4v) is 1.07. The maximum atomic E-state index is 11.2. The van der Waals surface area contributed by atoms with Crippen LogP contribution in [0.15, 0.2) is 30.4 Å². The van der Waals surface area contributed by atoms with Gasteiger partial charge in [0.25, 0.3) is 0 Å². The van der Waals surface area contributed by atoms with Gasteiger partial charge in [-0.25, -0.2) is 4.79 Å². The lowest BCUT2D eigenvalue weighted by Gasteiger charge is -2.05. The van der Waals surface area contributed by atoms with Crippen molar-refractivity contribution in [2.75, 3.05) is 0 Å². The molecule has 0 aliphatic carbocycles. The van der Waals surface area contributed by atoms with Crippen LogP contribution in [0.5, 0.6) is 11.5 Å². The molecule has 0 aliphatic rings. The van der Waals surface area contributed by atoms with Crippen LogP contribution in [0, 0.1) is 0 Å². The molecule has 1 aromatic carbocycles. The molecule has 0 radical (unpaired) electrons. The molecule has 0 aliphatic heterocycles. The zero-order valence-electron chi connectivity index (χ0n) is 9.11. The highest BCUT2D eigenvalue weighted by Gasteiger charge is 2.10. The van der Waals surface area contributed by atoms with Crippen molar-refractivity contribution < 1.29 is 19.4 Å². The average molecular weight is 220 g/mol. The first-order valence-corrected chi connectivity index (χ1v) is 4.63. The Morgan fingerprint density at radius 1 is 1.31 bits per heavy atom. The molecule has 16 heavy (non-hydrogen) atoms. The van der Waals surface area contributed by atoms with E-state index >= 15 is 0 Å². The molecule has 4 nitrogen and oxygen atoms in total. The van der Waals surface area contributed by atoms with Crippen LogP contribution in [-0.2, 0) is 4.79 Å². The van der Waals surface area contributed by atoms with Gasteiger partial charge in [-0.2, -0.15) is 0 Å². The largest absolute Gasteiger partial charge is 0.507 e. The van der Waals surface area contributed by atoms with E-state index in [1.54, 1.807) is 0 Å². The molecule has 0 heterocycles. The number of esters is 1. The molecule has 84 valence electrons. The molecule has 0 amide bonds. The Morgan fingerprint density at radius 3 is 2.38 bits per heavy atom. The van der Waals surface area contributed by atoms with E-state index in [4.69, 9.17) is 4.74 Å². The third-order valence-electron chi connectivity index (χ3n) is 1.91.